The Balaban J connectivity index is 2.11. The van der Waals surface area contributed by atoms with Gasteiger partial charge in [-0.2, -0.15) is 0 Å². The van der Waals surface area contributed by atoms with Gasteiger partial charge in [0.1, 0.15) is 0 Å². The maximum absolute atomic E-state index is 10.6. The fraction of sp³-hybridized carbons (Fsp3) is 0.450. The Hall–Kier alpha value is -1.83. The Morgan fingerprint density at radius 1 is 0.864 bits per heavy atom. The summed E-state index contributed by atoms with van der Waals surface area (Å²) in [6, 6.07) is 13.1. The molecule has 0 aliphatic heterocycles. The largest absolute Gasteiger partial charge is 0.481 e. The maximum atomic E-state index is 10.6. The smallest absolute Gasteiger partial charge is 0.303 e. The van der Waals surface area contributed by atoms with Gasteiger partial charge in [-0.1, -0.05) is 56.2 Å². The zero-order valence-electron chi connectivity index (χ0n) is 13.5. The Bertz CT molecular complexity index is 616. The zero-order valence-corrected chi connectivity index (χ0v) is 13.5. The highest BCUT2D eigenvalue weighted by molar-refractivity contribution is 5.88. The molecule has 2 heteroatoms. The highest BCUT2D eigenvalue weighted by Gasteiger charge is 2.06. The fourth-order valence-corrected chi connectivity index (χ4v) is 3.02. The zero-order chi connectivity index (χ0) is 15.8. The molecule has 0 fully saturated rings. The van der Waals surface area contributed by atoms with Gasteiger partial charge in [0, 0.05) is 6.42 Å². The van der Waals surface area contributed by atoms with Gasteiger partial charge in [0.25, 0.3) is 0 Å². The van der Waals surface area contributed by atoms with Crippen LogP contribution in [0.4, 0.5) is 0 Å². The molecule has 0 heterocycles. The summed E-state index contributed by atoms with van der Waals surface area (Å²) in [7, 11) is 0. The number of carboxylic acid groups (broad SMARTS) is 1. The number of fused-ring (bicyclic) bond motifs is 1. The molecule has 0 spiro atoms. The minimum atomic E-state index is -0.698. The third kappa shape index (κ3) is 4.59. The molecular formula is C20H26O2. The molecule has 22 heavy (non-hydrogen) atoms. The summed E-state index contributed by atoms with van der Waals surface area (Å²) in [4.78, 5) is 10.6. The predicted molar refractivity (Wildman–Crippen MR) is 92.4 cm³/mol. The van der Waals surface area contributed by atoms with Crippen LogP contribution in [-0.4, -0.2) is 11.1 Å². The van der Waals surface area contributed by atoms with E-state index in [2.05, 4.69) is 43.3 Å². The molecule has 1 N–H and O–H groups in total. The minimum Gasteiger partial charge on any atom is -0.481 e. The Morgan fingerprint density at radius 3 is 1.91 bits per heavy atom. The number of aryl methyl sites for hydroxylation is 2. The average molecular weight is 298 g/mol. The van der Waals surface area contributed by atoms with Gasteiger partial charge >= 0.3 is 5.97 Å². The predicted octanol–water partition coefficient (Wildman–Crippen LogP) is 5.37. The normalized spacial score (nSPS) is 11.0. The first-order valence-corrected chi connectivity index (χ1v) is 8.43. The molecule has 0 aliphatic rings. The van der Waals surface area contributed by atoms with E-state index in [1.807, 2.05) is 0 Å². The molecule has 2 aromatic carbocycles. The van der Waals surface area contributed by atoms with Gasteiger partial charge < -0.3 is 5.11 Å². The molecule has 0 amide bonds. The number of carboxylic acids is 1. The number of carbonyl (C=O) groups is 1. The summed E-state index contributed by atoms with van der Waals surface area (Å²) in [6.07, 6.45) is 7.85. The Morgan fingerprint density at radius 2 is 1.41 bits per heavy atom. The molecule has 0 bridgehead atoms. The summed E-state index contributed by atoms with van der Waals surface area (Å²) in [5.41, 5.74) is 2.79. The van der Waals surface area contributed by atoms with Crippen molar-refractivity contribution in [3.63, 3.8) is 0 Å². The van der Waals surface area contributed by atoms with E-state index in [1.165, 1.54) is 41.2 Å². The van der Waals surface area contributed by atoms with Crippen molar-refractivity contribution >= 4 is 16.7 Å². The Labute approximate surface area is 133 Å². The van der Waals surface area contributed by atoms with E-state index in [0.29, 0.717) is 0 Å². The second-order valence-corrected chi connectivity index (χ2v) is 5.99. The van der Waals surface area contributed by atoms with Gasteiger partial charge in [0.2, 0.25) is 0 Å². The number of unbranched alkanes of at least 4 members (excludes halogenated alkanes) is 3. The SMILES string of the molecule is CCCCCc1ccc(CCCCC(=O)O)c2ccccc12. The summed E-state index contributed by atoms with van der Waals surface area (Å²) < 4.78 is 0. The van der Waals surface area contributed by atoms with E-state index >= 15 is 0 Å². The lowest BCUT2D eigenvalue weighted by Gasteiger charge is -2.11. The van der Waals surface area contributed by atoms with Crippen LogP contribution in [0.25, 0.3) is 10.8 Å². The van der Waals surface area contributed by atoms with Crippen LogP contribution in [0.15, 0.2) is 36.4 Å². The molecule has 2 rings (SSSR count). The van der Waals surface area contributed by atoms with E-state index in [-0.39, 0.29) is 6.42 Å². The van der Waals surface area contributed by atoms with Crippen molar-refractivity contribution in [2.24, 2.45) is 0 Å². The number of benzene rings is 2. The van der Waals surface area contributed by atoms with E-state index in [1.54, 1.807) is 0 Å². The van der Waals surface area contributed by atoms with Crippen molar-refractivity contribution in [3.05, 3.63) is 47.5 Å². The second-order valence-electron chi connectivity index (χ2n) is 5.99. The van der Waals surface area contributed by atoms with Crippen LogP contribution < -0.4 is 0 Å². The third-order valence-electron chi connectivity index (χ3n) is 4.24. The van der Waals surface area contributed by atoms with Crippen molar-refractivity contribution in [3.8, 4) is 0 Å². The standard InChI is InChI=1S/C20H26O2/c1-2-3-4-9-16-14-15-17(10-5-8-13-20(21)22)19-12-7-6-11-18(16)19/h6-7,11-12,14-15H,2-5,8-10,13H2,1H3,(H,21,22). The summed E-state index contributed by atoms with van der Waals surface area (Å²) in [5, 5.41) is 11.4. The van der Waals surface area contributed by atoms with Crippen molar-refractivity contribution in [1.29, 1.82) is 0 Å². The van der Waals surface area contributed by atoms with E-state index in [4.69, 9.17) is 5.11 Å². The topological polar surface area (TPSA) is 37.3 Å². The van der Waals surface area contributed by atoms with Gasteiger partial charge in [-0.05, 0) is 54.0 Å². The number of aliphatic carboxylic acids is 1. The van der Waals surface area contributed by atoms with Crippen molar-refractivity contribution in [2.75, 3.05) is 0 Å². The second kappa shape index (κ2) is 8.57. The van der Waals surface area contributed by atoms with Crippen molar-refractivity contribution in [2.45, 2.75) is 58.3 Å². The fourth-order valence-electron chi connectivity index (χ4n) is 3.02. The lowest BCUT2D eigenvalue weighted by Crippen LogP contribution is -1.96. The minimum absolute atomic E-state index is 0.271. The van der Waals surface area contributed by atoms with Crippen LogP contribution in [0.5, 0.6) is 0 Å². The monoisotopic (exact) mass is 298 g/mol. The first-order chi connectivity index (χ1) is 10.7. The van der Waals surface area contributed by atoms with Gasteiger partial charge in [-0.15, -0.1) is 0 Å². The molecular weight excluding hydrogens is 272 g/mol. The molecule has 118 valence electrons. The number of hydrogen-bond donors (Lipinski definition) is 1. The lowest BCUT2D eigenvalue weighted by atomic mass is 9.94. The molecule has 2 aromatic rings. The highest BCUT2D eigenvalue weighted by Crippen LogP contribution is 2.25. The molecule has 0 aliphatic carbocycles. The van der Waals surface area contributed by atoms with E-state index in [9.17, 15) is 4.79 Å². The molecule has 0 unspecified atom stereocenters. The molecule has 0 atom stereocenters. The first kappa shape index (κ1) is 16.5. The van der Waals surface area contributed by atoms with Gasteiger partial charge in [0.05, 0.1) is 0 Å². The van der Waals surface area contributed by atoms with E-state index in [0.717, 1.165) is 25.7 Å². The van der Waals surface area contributed by atoms with Crippen LogP contribution in [0, 0.1) is 0 Å². The molecule has 0 saturated heterocycles. The average Bonchev–Trinajstić information content (AvgIpc) is 2.53. The molecule has 2 nitrogen and oxygen atoms in total. The first-order valence-electron chi connectivity index (χ1n) is 8.43. The van der Waals surface area contributed by atoms with Crippen LogP contribution in [0.1, 0.15) is 56.6 Å². The van der Waals surface area contributed by atoms with Crippen LogP contribution in [0.3, 0.4) is 0 Å². The molecule has 0 radical (unpaired) electrons. The van der Waals surface area contributed by atoms with Crippen LogP contribution in [0.2, 0.25) is 0 Å². The van der Waals surface area contributed by atoms with Gasteiger partial charge in [-0.25, -0.2) is 0 Å². The van der Waals surface area contributed by atoms with Gasteiger partial charge in [0.15, 0.2) is 0 Å². The molecule has 0 saturated carbocycles. The number of hydrogen-bond acceptors (Lipinski definition) is 1. The van der Waals surface area contributed by atoms with Crippen LogP contribution in [-0.2, 0) is 17.6 Å². The maximum Gasteiger partial charge on any atom is 0.303 e. The Kier molecular flexibility index (Phi) is 6.45. The summed E-state index contributed by atoms with van der Waals surface area (Å²) in [5.74, 6) is -0.698. The third-order valence-corrected chi connectivity index (χ3v) is 4.24. The van der Waals surface area contributed by atoms with Crippen molar-refractivity contribution < 1.29 is 9.90 Å². The quantitative estimate of drug-likeness (QED) is 0.632. The number of rotatable bonds is 9. The van der Waals surface area contributed by atoms with E-state index < -0.39 is 5.97 Å². The highest BCUT2D eigenvalue weighted by atomic mass is 16.4. The molecule has 0 aromatic heterocycles. The summed E-state index contributed by atoms with van der Waals surface area (Å²) >= 11 is 0. The van der Waals surface area contributed by atoms with Crippen LogP contribution >= 0.6 is 0 Å². The van der Waals surface area contributed by atoms with Crippen molar-refractivity contribution in [1.82, 2.24) is 0 Å². The lowest BCUT2D eigenvalue weighted by molar-refractivity contribution is -0.137. The van der Waals surface area contributed by atoms with Gasteiger partial charge in [-0.3, -0.25) is 4.79 Å². The summed E-state index contributed by atoms with van der Waals surface area (Å²) in [6.45, 7) is 2.23.